The number of allylic oxidation sites excluding steroid dienone is 1. The van der Waals surface area contributed by atoms with Crippen LogP contribution in [0.15, 0.2) is 66.5 Å². The minimum absolute atomic E-state index is 0.0621. The van der Waals surface area contributed by atoms with E-state index < -0.39 is 0 Å². The van der Waals surface area contributed by atoms with Gasteiger partial charge in [0.1, 0.15) is 0 Å². The predicted octanol–water partition coefficient (Wildman–Crippen LogP) is 3.92. The lowest BCUT2D eigenvalue weighted by molar-refractivity contribution is -0.116. The van der Waals surface area contributed by atoms with E-state index in [-0.39, 0.29) is 17.9 Å². The van der Waals surface area contributed by atoms with Gasteiger partial charge in [0.05, 0.1) is 23.4 Å². The molecule has 1 N–H and O–H groups in total. The second kappa shape index (κ2) is 9.16. The minimum Gasteiger partial charge on any atom is -0.348 e. The number of nitrogens with one attached hydrogen (secondary N) is 1. The summed E-state index contributed by atoms with van der Waals surface area (Å²) in [6.45, 7) is 5.75. The molecule has 0 aliphatic carbocycles. The van der Waals surface area contributed by atoms with E-state index in [9.17, 15) is 9.59 Å². The topological polar surface area (TPSA) is 67.2 Å². The van der Waals surface area contributed by atoms with Crippen LogP contribution in [0.5, 0.6) is 0 Å². The van der Waals surface area contributed by atoms with E-state index in [1.54, 1.807) is 6.08 Å². The van der Waals surface area contributed by atoms with Gasteiger partial charge in [-0.1, -0.05) is 29.8 Å². The van der Waals surface area contributed by atoms with Crippen molar-refractivity contribution >= 4 is 22.8 Å². The Bertz CT molecular complexity index is 1110. The summed E-state index contributed by atoms with van der Waals surface area (Å²) in [4.78, 5) is 31.4. The molecule has 0 spiro atoms. The van der Waals surface area contributed by atoms with E-state index in [2.05, 4.69) is 20.9 Å². The average Bonchev–Trinajstić information content (AvgIpc) is 3.39. The van der Waals surface area contributed by atoms with E-state index in [4.69, 9.17) is 0 Å². The van der Waals surface area contributed by atoms with Crippen LogP contribution < -0.4 is 5.32 Å². The zero-order chi connectivity index (χ0) is 21.8. The largest absolute Gasteiger partial charge is 0.348 e. The Hall–Kier alpha value is -3.41. The smallest absolute Gasteiger partial charge is 0.254 e. The molecule has 6 nitrogen and oxygen atoms in total. The number of aromatic nitrogens is 2. The highest BCUT2D eigenvalue weighted by Gasteiger charge is 2.30. The third-order valence-electron chi connectivity index (χ3n) is 5.66. The molecule has 31 heavy (non-hydrogen) atoms. The van der Waals surface area contributed by atoms with Crippen LogP contribution in [0.25, 0.3) is 11.0 Å². The van der Waals surface area contributed by atoms with Crippen LogP contribution in [-0.2, 0) is 17.9 Å². The Kier molecular flexibility index (Phi) is 6.16. The van der Waals surface area contributed by atoms with Crippen molar-refractivity contribution in [1.29, 1.82) is 0 Å². The van der Waals surface area contributed by atoms with Gasteiger partial charge in [-0.05, 0) is 56.5 Å². The Morgan fingerprint density at radius 1 is 1.13 bits per heavy atom. The van der Waals surface area contributed by atoms with Crippen LogP contribution in [0.2, 0.25) is 0 Å². The number of nitrogens with zero attached hydrogens (tertiary/aromatic N) is 3. The summed E-state index contributed by atoms with van der Waals surface area (Å²) in [5.74, 6) is -0.0425. The first kappa shape index (κ1) is 20.8. The highest BCUT2D eigenvalue weighted by molar-refractivity contribution is 5.94. The van der Waals surface area contributed by atoms with Crippen molar-refractivity contribution in [2.75, 3.05) is 6.54 Å². The van der Waals surface area contributed by atoms with Crippen molar-refractivity contribution in [3.05, 3.63) is 77.6 Å². The van der Waals surface area contributed by atoms with Gasteiger partial charge in [0.25, 0.3) is 5.91 Å². The second-order valence-electron chi connectivity index (χ2n) is 8.32. The zero-order valence-corrected chi connectivity index (χ0v) is 18.0. The maximum Gasteiger partial charge on any atom is 0.254 e. The first-order valence-corrected chi connectivity index (χ1v) is 10.7. The Morgan fingerprint density at radius 2 is 1.90 bits per heavy atom. The van der Waals surface area contributed by atoms with Crippen molar-refractivity contribution in [3.8, 4) is 0 Å². The van der Waals surface area contributed by atoms with Crippen LogP contribution in [0.1, 0.15) is 42.6 Å². The van der Waals surface area contributed by atoms with Gasteiger partial charge in [-0.3, -0.25) is 9.59 Å². The minimum atomic E-state index is -0.105. The van der Waals surface area contributed by atoms with Crippen molar-refractivity contribution in [2.24, 2.45) is 0 Å². The summed E-state index contributed by atoms with van der Waals surface area (Å²) in [7, 11) is 0. The summed E-state index contributed by atoms with van der Waals surface area (Å²) in [6.07, 6.45) is 5.45. The number of likely N-dealkylation sites (tertiary alicyclic amines) is 1. The summed E-state index contributed by atoms with van der Waals surface area (Å²) < 4.78 is 2.14. The first-order valence-electron chi connectivity index (χ1n) is 10.7. The van der Waals surface area contributed by atoms with Crippen LogP contribution in [-0.4, -0.2) is 38.9 Å². The molecule has 160 valence electrons. The van der Waals surface area contributed by atoms with Crippen LogP contribution in [0.3, 0.4) is 0 Å². The number of imidazole rings is 1. The fourth-order valence-corrected chi connectivity index (χ4v) is 4.11. The van der Waals surface area contributed by atoms with Crippen molar-refractivity contribution in [3.63, 3.8) is 0 Å². The molecule has 0 bridgehead atoms. The molecule has 1 unspecified atom stereocenters. The molecule has 2 heterocycles. The van der Waals surface area contributed by atoms with E-state index in [1.807, 2.05) is 67.5 Å². The molecule has 1 saturated heterocycles. The van der Waals surface area contributed by atoms with Crippen LogP contribution in [0, 0.1) is 0 Å². The van der Waals surface area contributed by atoms with Crippen molar-refractivity contribution in [1.82, 2.24) is 19.8 Å². The maximum atomic E-state index is 13.2. The normalized spacial score (nSPS) is 15.8. The molecule has 6 heteroatoms. The monoisotopic (exact) mass is 416 g/mol. The molecular formula is C25H28N4O2. The summed E-state index contributed by atoms with van der Waals surface area (Å²) in [5, 5.41) is 2.86. The Morgan fingerprint density at radius 3 is 2.68 bits per heavy atom. The van der Waals surface area contributed by atoms with Gasteiger partial charge in [0.2, 0.25) is 5.91 Å². The number of rotatable bonds is 6. The van der Waals surface area contributed by atoms with Gasteiger partial charge in [0, 0.05) is 31.3 Å². The number of carbonyl (C=O) groups excluding carboxylic acids is 2. The van der Waals surface area contributed by atoms with E-state index >= 15 is 0 Å². The lowest BCUT2D eigenvalue weighted by atomic mass is 10.1. The SMILES string of the molecule is CC(C)=CC(=O)NCc1ccc(C(=O)N2CCCC2Cn2cnc3ccccc32)cc1. The maximum absolute atomic E-state index is 13.2. The molecule has 3 aromatic rings. The van der Waals surface area contributed by atoms with Gasteiger partial charge in [-0.15, -0.1) is 0 Å². The quantitative estimate of drug-likeness (QED) is 0.619. The molecule has 4 rings (SSSR count). The van der Waals surface area contributed by atoms with Gasteiger partial charge >= 0.3 is 0 Å². The second-order valence-corrected chi connectivity index (χ2v) is 8.32. The van der Waals surface area contributed by atoms with Gasteiger partial charge < -0.3 is 14.8 Å². The van der Waals surface area contributed by atoms with Crippen LogP contribution >= 0.6 is 0 Å². The van der Waals surface area contributed by atoms with Crippen LogP contribution in [0.4, 0.5) is 0 Å². The number of hydrogen-bond acceptors (Lipinski definition) is 3. The standard InChI is InChI=1S/C25H28N4O2/c1-18(2)14-24(30)26-15-19-9-11-20(12-10-19)25(31)29-13-5-6-21(29)16-28-17-27-22-7-3-4-8-23(22)28/h3-4,7-12,14,17,21H,5-6,13,15-16H2,1-2H3,(H,26,30). The summed E-state index contributed by atoms with van der Waals surface area (Å²) >= 11 is 0. The lowest BCUT2D eigenvalue weighted by Gasteiger charge is -2.25. The number of hydrogen-bond donors (Lipinski definition) is 1. The van der Waals surface area contributed by atoms with E-state index in [1.165, 1.54) is 0 Å². The lowest BCUT2D eigenvalue weighted by Crippen LogP contribution is -2.38. The predicted molar refractivity (Wildman–Crippen MR) is 122 cm³/mol. The van der Waals surface area contributed by atoms with Crippen molar-refractivity contribution in [2.45, 2.75) is 45.8 Å². The van der Waals surface area contributed by atoms with Crippen molar-refractivity contribution < 1.29 is 9.59 Å². The number of amides is 2. The average molecular weight is 417 g/mol. The molecule has 2 aromatic carbocycles. The molecule has 1 aliphatic heterocycles. The Labute approximate surface area is 182 Å². The molecular weight excluding hydrogens is 388 g/mol. The molecule has 2 amide bonds. The summed E-state index contributed by atoms with van der Waals surface area (Å²) in [6, 6.07) is 15.8. The number of fused-ring (bicyclic) bond motifs is 1. The summed E-state index contributed by atoms with van der Waals surface area (Å²) in [5.41, 5.74) is 4.69. The highest BCUT2D eigenvalue weighted by atomic mass is 16.2. The highest BCUT2D eigenvalue weighted by Crippen LogP contribution is 2.23. The fraction of sp³-hybridized carbons (Fsp3) is 0.320. The third kappa shape index (κ3) is 4.85. The fourth-order valence-electron chi connectivity index (χ4n) is 4.11. The molecule has 0 radical (unpaired) electrons. The van der Waals surface area contributed by atoms with E-state index in [0.29, 0.717) is 12.1 Å². The van der Waals surface area contributed by atoms with Gasteiger partial charge in [-0.2, -0.15) is 0 Å². The first-order chi connectivity index (χ1) is 15.0. The zero-order valence-electron chi connectivity index (χ0n) is 18.0. The Balaban J connectivity index is 1.41. The third-order valence-corrected chi connectivity index (χ3v) is 5.66. The number of benzene rings is 2. The molecule has 1 aliphatic rings. The molecule has 1 fully saturated rings. The molecule has 1 atom stereocenters. The van der Waals surface area contributed by atoms with Gasteiger partial charge in [-0.25, -0.2) is 4.98 Å². The number of carbonyl (C=O) groups is 2. The molecule has 0 saturated carbocycles. The van der Waals surface area contributed by atoms with E-state index in [0.717, 1.165) is 48.1 Å². The van der Waals surface area contributed by atoms with Gasteiger partial charge in [0.15, 0.2) is 0 Å². The number of para-hydroxylation sites is 2. The molecule has 1 aromatic heterocycles.